The molecular formula is C11H24N3O3P. The Bertz CT molecular complexity index is 307. The van der Waals surface area contributed by atoms with Gasteiger partial charge in [0, 0.05) is 25.2 Å². The molecule has 1 atom stereocenters. The van der Waals surface area contributed by atoms with Gasteiger partial charge in [0.05, 0.1) is 19.1 Å². The van der Waals surface area contributed by atoms with Crippen molar-refractivity contribution >= 4 is 7.75 Å². The molecule has 0 saturated carbocycles. The zero-order valence-corrected chi connectivity index (χ0v) is 12.5. The van der Waals surface area contributed by atoms with Crippen LogP contribution in [0.25, 0.3) is 0 Å². The summed E-state index contributed by atoms with van der Waals surface area (Å²) in [6, 6.07) is 2.61. The predicted octanol–water partition coefficient (Wildman–Crippen LogP) is 1.73. The average molecular weight is 277 g/mol. The molecule has 0 heterocycles. The van der Waals surface area contributed by atoms with E-state index in [9.17, 15) is 9.46 Å². The van der Waals surface area contributed by atoms with E-state index in [2.05, 4.69) is 37.7 Å². The molecule has 106 valence electrons. The third-order valence-corrected chi connectivity index (χ3v) is 3.64. The highest BCUT2D eigenvalue weighted by Crippen LogP contribution is 2.36. The van der Waals surface area contributed by atoms with Gasteiger partial charge in [-0.3, -0.25) is 9.42 Å². The van der Waals surface area contributed by atoms with Crippen LogP contribution >= 0.6 is 7.75 Å². The summed E-state index contributed by atoms with van der Waals surface area (Å²) in [6.07, 6.45) is 0.107. The Morgan fingerprint density at radius 1 is 1.39 bits per heavy atom. The predicted molar refractivity (Wildman–Crippen MR) is 71.0 cm³/mol. The molecule has 0 aliphatic carbocycles. The maximum absolute atomic E-state index is 11.5. The summed E-state index contributed by atoms with van der Waals surface area (Å²) in [5.41, 5.74) is 0. The fourth-order valence-corrected chi connectivity index (χ4v) is 2.51. The van der Waals surface area contributed by atoms with Crippen LogP contribution in [0.15, 0.2) is 0 Å². The number of nitriles is 1. The van der Waals surface area contributed by atoms with Crippen molar-refractivity contribution in [2.24, 2.45) is 0 Å². The van der Waals surface area contributed by atoms with Gasteiger partial charge in [0.1, 0.15) is 0 Å². The lowest BCUT2D eigenvalue weighted by atomic mass is 10.2. The molecule has 0 aromatic rings. The standard InChI is InChI=1S/C11H24N3O3P/c1-10(2)14(11(3)4)8-7-13-18(15,16)17-9-5-6-12/h10-11H,5,7-9H2,1-4H3,(H2,13,15,16). The molecule has 0 amide bonds. The molecule has 0 aliphatic heterocycles. The summed E-state index contributed by atoms with van der Waals surface area (Å²) in [5.74, 6) is 0. The zero-order valence-electron chi connectivity index (χ0n) is 11.6. The smallest absolute Gasteiger partial charge is 0.312 e. The maximum atomic E-state index is 11.5. The SMILES string of the molecule is CC(C)N(CCNP(=O)(O)OCCC#N)C(C)C. The van der Waals surface area contributed by atoms with Crippen molar-refractivity contribution in [3.8, 4) is 6.07 Å². The minimum absolute atomic E-state index is 0.0324. The van der Waals surface area contributed by atoms with Gasteiger partial charge in [0.25, 0.3) is 0 Å². The lowest BCUT2D eigenvalue weighted by molar-refractivity contribution is 0.175. The molecule has 0 saturated heterocycles. The second kappa shape index (κ2) is 8.63. The van der Waals surface area contributed by atoms with Gasteiger partial charge in [-0.15, -0.1) is 0 Å². The van der Waals surface area contributed by atoms with Gasteiger partial charge in [-0.2, -0.15) is 5.26 Å². The Balaban J connectivity index is 4.01. The van der Waals surface area contributed by atoms with Gasteiger partial charge >= 0.3 is 7.75 Å². The van der Waals surface area contributed by atoms with Crippen molar-refractivity contribution in [3.63, 3.8) is 0 Å². The molecule has 7 heteroatoms. The molecular weight excluding hydrogens is 253 g/mol. The molecule has 1 unspecified atom stereocenters. The summed E-state index contributed by atoms with van der Waals surface area (Å²) in [7, 11) is -3.77. The third-order valence-electron chi connectivity index (χ3n) is 2.49. The second-order valence-corrected chi connectivity index (χ2v) is 6.21. The number of nitrogens with one attached hydrogen (secondary N) is 1. The number of rotatable bonds is 9. The molecule has 0 radical (unpaired) electrons. The van der Waals surface area contributed by atoms with Crippen LogP contribution in [0.2, 0.25) is 0 Å². The number of nitrogens with zero attached hydrogens (tertiary/aromatic N) is 2. The molecule has 6 nitrogen and oxygen atoms in total. The molecule has 0 aromatic heterocycles. The summed E-state index contributed by atoms with van der Waals surface area (Å²) in [5, 5.41) is 10.8. The van der Waals surface area contributed by atoms with Gasteiger partial charge in [-0.1, -0.05) is 0 Å². The first kappa shape index (κ1) is 17.6. The lowest BCUT2D eigenvalue weighted by Gasteiger charge is -2.30. The maximum Gasteiger partial charge on any atom is 0.402 e. The Kier molecular flexibility index (Phi) is 8.41. The highest BCUT2D eigenvalue weighted by atomic mass is 31.2. The first-order chi connectivity index (χ1) is 8.30. The van der Waals surface area contributed by atoms with E-state index < -0.39 is 7.75 Å². The van der Waals surface area contributed by atoms with Crippen LogP contribution in [0, 0.1) is 11.3 Å². The summed E-state index contributed by atoms with van der Waals surface area (Å²) >= 11 is 0. The van der Waals surface area contributed by atoms with Crippen molar-refractivity contribution in [2.45, 2.75) is 46.2 Å². The zero-order chi connectivity index (χ0) is 14.2. The van der Waals surface area contributed by atoms with E-state index in [1.165, 1.54) is 0 Å². The Hall–Kier alpha value is -0.440. The normalized spacial score (nSPS) is 15.1. The monoisotopic (exact) mass is 277 g/mol. The fraction of sp³-hybridized carbons (Fsp3) is 0.909. The van der Waals surface area contributed by atoms with Crippen LogP contribution in [-0.2, 0) is 9.09 Å². The first-order valence-corrected chi connectivity index (χ1v) is 7.73. The van der Waals surface area contributed by atoms with E-state index in [4.69, 9.17) is 9.79 Å². The number of hydrogen-bond donors (Lipinski definition) is 2. The van der Waals surface area contributed by atoms with Crippen LogP contribution in [0.4, 0.5) is 0 Å². The van der Waals surface area contributed by atoms with E-state index in [-0.39, 0.29) is 13.0 Å². The van der Waals surface area contributed by atoms with Gasteiger partial charge in [0.15, 0.2) is 0 Å². The van der Waals surface area contributed by atoms with E-state index in [0.29, 0.717) is 25.2 Å². The van der Waals surface area contributed by atoms with Gasteiger partial charge in [-0.05, 0) is 27.7 Å². The number of hydrogen-bond acceptors (Lipinski definition) is 4. The van der Waals surface area contributed by atoms with E-state index in [1.54, 1.807) is 0 Å². The Labute approximate surface area is 110 Å². The van der Waals surface area contributed by atoms with E-state index in [1.807, 2.05) is 6.07 Å². The molecule has 0 spiro atoms. The highest BCUT2D eigenvalue weighted by molar-refractivity contribution is 7.50. The topological polar surface area (TPSA) is 85.6 Å². The van der Waals surface area contributed by atoms with Gasteiger partial charge in [0.2, 0.25) is 0 Å². The minimum atomic E-state index is -3.77. The van der Waals surface area contributed by atoms with Crippen molar-refractivity contribution in [3.05, 3.63) is 0 Å². The average Bonchev–Trinajstić information content (AvgIpc) is 2.23. The van der Waals surface area contributed by atoms with Gasteiger partial charge in [-0.25, -0.2) is 9.65 Å². The summed E-state index contributed by atoms with van der Waals surface area (Å²) in [4.78, 5) is 11.6. The van der Waals surface area contributed by atoms with E-state index in [0.717, 1.165) is 0 Å². The largest absolute Gasteiger partial charge is 0.402 e. The second-order valence-electron chi connectivity index (χ2n) is 4.60. The minimum Gasteiger partial charge on any atom is -0.312 e. The van der Waals surface area contributed by atoms with Crippen LogP contribution < -0.4 is 5.09 Å². The van der Waals surface area contributed by atoms with Crippen molar-refractivity contribution in [1.29, 1.82) is 5.26 Å². The molecule has 2 N–H and O–H groups in total. The van der Waals surface area contributed by atoms with Crippen molar-refractivity contribution in [2.75, 3.05) is 19.7 Å². The van der Waals surface area contributed by atoms with Crippen LogP contribution in [-0.4, -0.2) is 41.6 Å². The summed E-state index contributed by atoms with van der Waals surface area (Å²) < 4.78 is 16.2. The molecule has 18 heavy (non-hydrogen) atoms. The fourth-order valence-electron chi connectivity index (χ4n) is 1.69. The van der Waals surface area contributed by atoms with Crippen molar-refractivity contribution < 1.29 is 14.0 Å². The third kappa shape index (κ3) is 7.80. The van der Waals surface area contributed by atoms with E-state index >= 15 is 0 Å². The highest BCUT2D eigenvalue weighted by Gasteiger charge is 2.19. The lowest BCUT2D eigenvalue weighted by Crippen LogP contribution is -2.41. The quantitative estimate of drug-likeness (QED) is 0.493. The molecule has 0 rings (SSSR count). The van der Waals surface area contributed by atoms with Crippen LogP contribution in [0.3, 0.4) is 0 Å². The molecule has 0 bridgehead atoms. The van der Waals surface area contributed by atoms with Crippen LogP contribution in [0.5, 0.6) is 0 Å². The Morgan fingerprint density at radius 2 is 1.94 bits per heavy atom. The van der Waals surface area contributed by atoms with Gasteiger partial charge < -0.3 is 4.89 Å². The molecule has 0 aliphatic rings. The summed E-state index contributed by atoms with van der Waals surface area (Å²) in [6.45, 7) is 9.35. The molecule has 0 fully saturated rings. The Morgan fingerprint density at radius 3 is 2.39 bits per heavy atom. The molecule has 0 aromatic carbocycles. The van der Waals surface area contributed by atoms with Crippen molar-refractivity contribution in [1.82, 2.24) is 9.99 Å². The van der Waals surface area contributed by atoms with Crippen LogP contribution in [0.1, 0.15) is 34.1 Å². The first-order valence-electron chi connectivity index (χ1n) is 6.15.